The van der Waals surface area contributed by atoms with Crippen LogP contribution in [0.4, 0.5) is 5.69 Å². The summed E-state index contributed by atoms with van der Waals surface area (Å²) in [5, 5.41) is 22.0. The predicted octanol–water partition coefficient (Wildman–Crippen LogP) is 4.18. The second kappa shape index (κ2) is 6.44. The molecule has 0 amide bonds. The average Bonchev–Trinajstić information content (AvgIpc) is 2.55. The first kappa shape index (κ1) is 15.6. The lowest BCUT2D eigenvalue weighted by atomic mass is 10.0. The summed E-state index contributed by atoms with van der Waals surface area (Å²) in [7, 11) is 0. The molecule has 0 spiro atoms. The van der Waals surface area contributed by atoms with Crippen molar-refractivity contribution in [3.05, 3.63) is 80.4 Å². The van der Waals surface area contributed by atoms with Crippen LogP contribution >= 0.6 is 15.9 Å². The van der Waals surface area contributed by atoms with E-state index in [0.717, 1.165) is 21.1 Å². The fraction of sp³-hybridized carbons (Fsp3) is 0.118. The zero-order chi connectivity index (χ0) is 16.4. The highest BCUT2D eigenvalue weighted by atomic mass is 79.9. The lowest BCUT2D eigenvalue weighted by Gasteiger charge is -2.11. The summed E-state index contributed by atoms with van der Waals surface area (Å²) >= 11 is 3.42. The molecular formula is C17H13BrN2O3. The molecule has 0 aliphatic carbocycles. The lowest BCUT2D eigenvalue weighted by molar-refractivity contribution is -0.384. The number of nitrogens with zero attached hydrogens (tertiary/aromatic N) is 2. The highest BCUT2D eigenvalue weighted by Gasteiger charge is 2.12. The third-order valence-electron chi connectivity index (χ3n) is 3.60. The zero-order valence-corrected chi connectivity index (χ0v) is 13.6. The van der Waals surface area contributed by atoms with Gasteiger partial charge in [0.1, 0.15) is 0 Å². The number of benzene rings is 2. The Labute approximate surface area is 140 Å². The summed E-state index contributed by atoms with van der Waals surface area (Å²) < 4.78 is 0.991. The van der Waals surface area contributed by atoms with Gasteiger partial charge < -0.3 is 5.11 Å². The van der Waals surface area contributed by atoms with Crippen LogP contribution < -0.4 is 0 Å². The van der Waals surface area contributed by atoms with E-state index in [4.69, 9.17) is 0 Å². The Morgan fingerprint density at radius 1 is 1.13 bits per heavy atom. The first-order chi connectivity index (χ1) is 11.0. The highest BCUT2D eigenvalue weighted by molar-refractivity contribution is 9.10. The van der Waals surface area contributed by atoms with Crippen LogP contribution in [0.5, 0.6) is 0 Å². The minimum absolute atomic E-state index is 0.00959. The number of hydrogen-bond acceptors (Lipinski definition) is 4. The van der Waals surface area contributed by atoms with Crippen LogP contribution in [0, 0.1) is 10.1 Å². The van der Waals surface area contributed by atoms with E-state index in [-0.39, 0.29) is 5.69 Å². The smallest absolute Gasteiger partial charge is 0.269 e. The molecule has 23 heavy (non-hydrogen) atoms. The largest absolute Gasteiger partial charge is 0.388 e. The van der Waals surface area contributed by atoms with E-state index < -0.39 is 11.0 Å². The van der Waals surface area contributed by atoms with Gasteiger partial charge in [-0.1, -0.05) is 22.0 Å². The van der Waals surface area contributed by atoms with Crippen LogP contribution in [-0.2, 0) is 6.42 Å². The Balaban J connectivity index is 1.80. The second-order valence-corrected chi connectivity index (χ2v) is 6.12. The van der Waals surface area contributed by atoms with Crippen molar-refractivity contribution in [1.29, 1.82) is 0 Å². The summed E-state index contributed by atoms with van der Waals surface area (Å²) in [4.78, 5) is 14.7. The molecule has 3 rings (SSSR count). The maximum atomic E-state index is 10.7. The molecule has 116 valence electrons. The summed E-state index contributed by atoms with van der Waals surface area (Å²) in [5.74, 6) is 0. The molecule has 1 aromatic heterocycles. The number of aliphatic hydroxyl groups is 1. The van der Waals surface area contributed by atoms with Gasteiger partial charge in [-0.05, 0) is 42.0 Å². The molecule has 0 saturated carbocycles. The molecule has 0 aliphatic heterocycles. The molecule has 1 N–H and O–H groups in total. The van der Waals surface area contributed by atoms with Crippen molar-refractivity contribution in [3.63, 3.8) is 0 Å². The molecule has 3 aromatic rings. The number of aliphatic hydroxyl groups excluding tert-OH is 1. The Hall–Kier alpha value is -2.31. The van der Waals surface area contributed by atoms with E-state index >= 15 is 0 Å². The van der Waals surface area contributed by atoms with Crippen LogP contribution in [0.25, 0.3) is 10.9 Å². The number of fused-ring (bicyclic) bond motifs is 1. The van der Waals surface area contributed by atoms with E-state index in [1.54, 1.807) is 12.1 Å². The van der Waals surface area contributed by atoms with Crippen molar-refractivity contribution in [1.82, 2.24) is 4.98 Å². The number of non-ortho nitro benzene ring substituents is 1. The van der Waals surface area contributed by atoms with Gasteiger partial charge >= 0.3 is 0 Å². The minimum Gasteiger partial charge on any atom is -0.388 e. The average molecular weight is 373 g/mol. The number of rotatable bonds is 4. The van der Waals surface area contributed by atoms with Crippen molar-refractivity contribution >= 4 is 32.5 Å². The predicted molar refractivity (Wildman–Crippen MR) is 91.2 cm³/mol. The van der Waals surface area contributed by atoms with Gasteiger partial charge in [0.2, 0.25) is 0 Å². The molecule has 0 aliphatic rings. The van der Waals surface area contributed by atoms with E-state index in [0.29, 0.717) is 12.0 Å². The monoisotopic (exact) mass is 372 g/mol. The van der Waals surface area contributed by atoms with Gasteiger partial charge in [-0.25, -0.2) is 0 Å². The van der Waals surface area contributed by atoms with E-state index in [9.17, 15) is 15.2 Å². The summed E-state index contributed by atoms with van der Waals surface area (Å²) in [6.45, 7) is 0. The van der Waals surface area contributed by atoms with Gasteiger partial charge in [-0.15, -0.1) is 0 Å². The van der Waals surface area contributed by atoms with E-state index in [2.05, 4.69) is 20.9 Å². The number of nitro groups is 1. The maximum Gasteiger partial charge on any atom is 0.269 e. The van der Waals surface area contributed by atoms with Crippen molar-refractivity contribution in [2.45, 2.75) is 12.5 Å². The molecule has 2 aromatic carbocycles. The van der Waals surface area contributed by atoms with Crippen molar-refractivity contribution < 1.29 is 10.0 Å². The van der Waals surface area contributed by atoms with Gasteiger partial charge in [0.25, 0.3) is 5.69 Å². The number of pyridine rings is 1. The van der Waals surface area contributed by atoms with Crippen LogP contribution in [0.1, 0.15) is 17.4 Å². The molecule has 5 nitrogen and oxygen atoms in total. The first-order valence-electron chi connectivity index (χ1n) is 7.00. The lowest BCUT2D eigenvalue weighted by Crippen LogP contribution is -2.03. The fourth-order valence-electron chi connectivity index (χ4n) is 2.39. The number of aromatic nitrogens is 1. The van der Waals surface area contributed by atoms with E-state index in [1.807, 2.05) is 30.3 Å². The standard InChI is InChI=1S/C17H13BrN2O3/c18-13-4-8-16-12(9-13)1-5-14(19-16)10-17(21)11-2-6-15(7-3-11)20(22)23/h1-9,17,21H,10H2/t17-/m1/s1. The summed E-state index contributed by atoms with van der Waals surface area (Å²) in [6, 6.07) is 15.6. The van der Waals surface area contributed by atoms with Crippen molar-refractivity contribution in [2.75, 3.05) is 0 Å². The third-order valence-corrected chi connectivity index (χ3v) is 4.09. The van der Waals surface area contributed by atoms with Gasteiger partial charge in [0.05, 0.1) is 16.5 Å². The Morgan fingerprint density at radius 2 is 1.87 bits per heavy atom. The Morgan fingerprint density at radius 3 is 2.57 bits per heavy atom. The number of halogens is 1. The molecule has 6 heteroatoms. The molecule has 0 radical (unpaired) electrons. The maximum absolute atomic E-state index is 10.7. The quantitative estimate of drug-likeness (QED) is 0.550. The molecule has 0 fully saturated rings. The van der Waals surface area contributed by atoms with Gasteiger partial charge in [0, 0.05) is 34.1 Å². The van der Waals surface area contributed by atoms with Crippen LogP contribution in [-0.4, -0.2) is 15.0 Å². The molecule has 0 saturated heterocycles. The first-order valence-corrected chi connectivity index (χ1v) is 7.80. The Bertz CT molecular complexity index is 865. The normalized spacial score (nSPS) is 12.3. The van der Waals surface area contributed by atoms with Crippen LogP contribution in [0.3, 0.4) is 0 Å². The molecule has 0 bridgehead atoms. The summed E-state index contributed by atoms with van der Waals surface area (Å²) in [5.41, 5.74) is 2.27. The topological polar surface area (TPSA) is 76.3 Å². The zero-order valence-electron chi connectivity index (χ0n) is 12.0. The van der Waals surface area contributed by atoms with Crippen molar-refractivity contribution in [2.24, 2.45) is 0 Å². The minimum atomic E-state index is -0.754. The van der Waals surface area contributed by atoms with Gasteiger partial charge in [-0.3, -0.25) is 15.1 Å². The van der Waals surface area contributed by atoms with Gasteiger partial charge in [-0.2, -0.15) is 0 Å². The second-order valence-electron chi connectivity index (χ2n) is 5.21. The third kappa shape index (κ3) is 3.55. The molecular weight excluding hydrogens is 360 g/mol. The molecule has 0 unspecified atom stereocenters. The Kier molecular flexibility index (Phi) is 4.36. The SMILES string of the molecule is O=[N+]([O-])c1ccc([C@H](O)Cc2ccc3cc(Br)ccc3n2)cc1. The number of hydrogen-bond donors (Lipinski definition) is 1. The molecule has 1 heterocycles. The number of nitro benzene ring substituents is 1. The van der Waals surface area contributed by atoms with E-state index in [1.165, 1.54) is 12.1 Å². The van der Waals surface area contributed by atoms with Gasteiger partial charge in [0.15, 0.2) is 0 Å². The fourth-order valence-corrected chi connectivity index (χ4v) is 2.77. The van der Waals surface area contributed by atoms with Crippen LogP contribution in [0.2, 0.25) is 0 Å². The van der Waals surface area contributed by atoms with Crippen LogP contribution in [0.15, 0.2) is 59.1 Å². The molecule has 1 atom stereocenters. The van der Waals surface area contributed by atoms with Crippen molar-refractivity contribution in [3.8, 4) is 0 Å². The summed E-state index contributed by atoms with van der Waals surface area (Å²) in [6.07, 6.45) is -0.403. The highest BCUT2D eigenvalue weighted by Crippen LogP contribution is 2.23.